The lowest BCUT2D eigenvalue weighted by Crippen LogP contribution is -2.52. The van der Waals surface area contributed by atoms with Gasteiger partial charge in [-0.15, -0.1) is 0 Å². The van der Waals surface area contributed by atoms with E-state index in [1.165, 1.54) is 17.5 Å². The van der Waals surface area contributed by atoms with Crippen LogP contribution in [0.25, 0.3) is 0 Å². The molecular weight excluding hydrogens is 330 g/mol. The summed E-state index contributed by atoms with van der Waals surface area (Å²) in [5, 5.41) is 4.11. The van der Waals surface area contributed by atoms with Gasteiger partial charge in [0.25, 0.3) is 5.56 Å². The quantitative estimate of drug-likeness (QED) is 0.781. The summed E-state index contributed by atoms with van der Waals surface area (Å²) in [6.07, 6.45) is 6.08. The zero-order valence-corrected chi connectivity index (χ0v) is 16.1. The van der Waals surface area contributed by atoms with Gasteiger partial charge in [-0.05, 0) is 25.8 Å². The summed E-state index contributed by atoms with van der Waals surface area (Å²) < 4.78 is 1.33. The number of piperidine rings is 1. The lowest BCUT2D eigenvalue weighted by Gasteiger charge is -2.39. The Morgan fingerprint density at radius 2 is 2.00 bits per heavy atom. The smallest absolute Gasteiger partial charge is 0.268 e. The first kappa shape index (κ1) is 18.9. The molecule has 0 radical (unpaired) electrons. The molecule has 3 heterocycles. The van der Waals surface area contributed by atoms with Crippen LogP contribution >= 0.6 is 0 Å². The minimum absolute atomic E-state index is 0.0231. The molecule has 26 heavy (non-hydrogen) atoms. The molecule has 0 aromatic carbocycles. The zero-order valence-electron chi connectivity index (χ0n) is 16.1. The summed E-state index contributed by atoms with van der Waals surface area (Å²) in [4.78, 5) is 31.5. The molecule has 0 bridgehead atoms. The number of unbranched alkanes of at least 4 members (excludes halogenated alkanes) is 1. The van der Waals surface area contributed by atoms with E-state index in [0.29, 0.717) is 6.54 Å². The fraction of sp³-hybridized carbons (Fsp3) is 0.737. The second-order valence-electron chi connectivity index (χ2n) is 7.48. The number of hydrogen-bond donors (Lipinski definition) is 0. The molecule has 0 N–H and O–H groups in total. The number of anilines is 1. The Balaban J connectivity index is 1.56. The van der Waals surface area contributed by atoms with Crippen molar-refractivity contribution in [1.29, 1.82) is 0 Å². The van der Waals surface area contributed by atoms with Crippen LogP contribution in [-0.2, 0) is 11.8 Å². The van der Waals surface area contributed by atoms with Gasteiger partial charge in [-0.3, -0.25) is 14.5 Å². The fourth-order valence-electron chi connectivity index (χ4n) is 3.88. The van der Waals surface area contributed by atoms with Gasteiger partial charge in [-0.25, -0.2) is 4.68 Å². The number of aryl methyl sites for hydroxylation is 1. The molecule has 1 aromatic heterocycles. The summed E-state index contributed by atoms with van der Waals surface area (Å²) in [6, 6.07) is 1.62. The minimum atomic E-state index is -0.112. The molecule has 144 valence electrons. The van der Waals surface area contributed by atoms with E-state index < -0.39 is 0 Å². The van der Waals surface area contributed by atoms with Crippen molar-refractivity contribution in [2.75, 3.05) is 50.7 Å². The molecule has 7 nitrogen and oxygen atoms in total. The van der Waals surface area contributed by atoms with Crippen LogP contribution in [0.15, 0.2) is 17.1 Å². The third-order valence-electron chi connectivity index (χ3n) is 5.60. The number of carbonyl (C=O) groups is 1. The molecule has 2 aliphatic rings. The lowest BCUT2D eigenvalue weighted by molar-refractivity contribution is -0.137. The molecule has 1 atom stereocenters. The van der Waals surface area contributed by atoms with Gasteiger partial charge in [0.05, 0.1) is 17.8 Å². The Labute approximate surface area is 155 Å². The third-order valence-corrected chi connectivity index (χ3v) is 5.60. The van der Waals surface area contributed by atoms with Gasteiger partial charge in [0.2, 0.25) is 5.91 Å². The normalized spacial score (nSPS) is 21.8. The molecular formula is C19H31N5O2. The van der Waals surface area contributed by atoms with E-state index in [-0.39, 0.29) is 17.4 Å². The average Bonchev–Trinajstić information content (AvgIpc) is 2.68. The number of carbonyl (C=O) groups excluding carboxylic acids is 1. The van der Waals surface area contributed by atoms with Crippen molar-refractivity contribution in [3.63, 3.8) is 0 Å². The highest BCUT2D eigenvalue weighted by Gasteiger charge is 2.31. The van der Waals surface area contributed by atoms with Crippen LogP contribution in [0.4, 0.5) is 5.69 Å². The van der Waals surface area contributed by atoms with E-state index in [4.69, 9.17) is 0 Å². The number of rotatable bonds is 5. The first-order valence-corrected chi connectivity index (χ1v) is 9.88. The van der Waals surface area contributed by atoms with Crippen LogP contribution in [0.3, 0.4) is 0 Å². The summed E-state index contributed by atoms with van der Waals surface area (Å²) in [5.74, 6) is 0.302. The van der Waals surface area contributed by atoms with E-state index in [1.54, 1.807) is 19.3 Å². The molecule has 0 saturated carbocycles. The predicted octanol–water partition coefficient (Wildman–Crippen LogP) is 0.941. The van der Waals surface area contributed by atoms with Crippen LogP contribution in [0, 0.1) is 5.92 Å². The Morgan fingerprint density at radius 3 is 2.69 bits per heavy atom. The number of nitrogens with zero attached hydrogens (tertiary/aromatic N) is 5. The average molecular weight is 361 g/mol. The maximum atomic E-state index is 13.0. The molecule has 1 amide bonds. The van der Waals surface area contributed by atoms with Crippen LogP contribution in [0.1, 0.15) is 32.6 Å². The molecule has 0 unspecified atom stereocenters. The van der Waals surface area contributed by atoms with Gasteiger partial charge < -0.3 is 9.80 Å². The summed E-state index contributed by atoms with van der Waals surface area (Å²) in [6.45, 7) is 8.58. The van der Waals surface area contributed by atoms with Crippen molar-refractivity contribution in [3.05, 3.63) is 22.6 Å². The number of aromatic nitrogens is 2. The molecule has 3 rings (SSSR count). The monoisotopic (exact) mass is 361 g/mol. The number of piperazine rings is 1. The molecule has 7 heteroatoms. The van der Waals surface area contributed by atoms with Crippen LogP contribution < -0.4 is 10.5 Å². The summed E-state index contributed by atoms with van der Waals surface area (Å²) in [5.41, 5.74) is 0.717. The van der Waals surface area contributed by atoms with Gasteiger partial charge >= 0.3 is 0 Å². The highest BCUT2D eigenvalue weighted by atomic mass is 16.2. The second kappa shape index (κ2) is 8.66. The first-order chi connectivity index (χ1) is 12.6. The number of amides is 1. The summed E-state index contributed by atoms with van der Waals surface area (Å²) in [7, 11) is 1.65. The molecule has 0 aliphatic carbocycles. The third kappa shape index (κ3) is 4.44. The van der Waals surface area contributed by atoms with Gasteiger partial charge in [0.15, 0.2) is 0 Å². The van der Waals surface area contributed by atoms with Crippen molar-refractivity contribution in [1.82, 2.24) is 19.6 Å². The topological polar surface area (TPSA) is 61.7 Å². The molecule has 2 aliphatic heterocycles. The van der Waals surface area contributed by atoms with Crippen molar-refractivity contribution in [3.8, 4) is 0 Å². The van der Waals surface area contributed by atoms with Crippen molar-refractivity contribution in [2.24, 2.45) is 13.0 Å². The largest absolute Gasteiger partial charge is 0.369 e. The Hall–Kier alpha value is -1.89. The highest BCUT2D eigenvalue weighted by molar-refractivity contribution is 5.80. The van der Waals surface area contributed by atoms with Gasteiger partial charge in [0, 0.05) is 52.4 Å². The van der Waals surface area contributed by atoms with Crippen molar-refractivity contribution >= 4 is 11.6 Å². The Bertz CT molecular complexity index is 666. The maximum absolute atomic E-state index is 13.0. The van der Waals surface area contributed by atoms with E-state index in [9.17, 15) is 9.59 Å². The Morgan fingerprint density at radius 1 is 1.23 bits per heavy atom. The van der Waals surface area contributed by atoms with E-state index in [0.717, 1.165) is 57.8 Å². The SMILES string of the molecule is CCCCN1CCN(C(=O)[C@@H]2CCCN(c3cnn(C)c(=O)c3)C2)CC1. The van der Waals surface area contributed by atoms with Crippen molar-refractivity contribution in [2.45, 2.75) is 32.6 Å². The molecule has 1 aromatic rings. The second-order valence-corrected chi connectivity index (χ2v) is 7.48. The lowest BCUT2D eigenvalue weighted by atomic mass is 9.96. The maximum Gasteiger partial charge on any atom is 0.268 e. The highest BCUT2D eigenvalue weighted by Crippen LogP contribution is 2.23. The van der Waals surface area contributed by atoms with Gasteiger partial charge in [-0.2, -0.15) is 5.10 Å². The van der Waals surface area contributed by atoms with E-state index in [2.05, 4.69) is 21.8 Å². The van der Waals surface area contributed by atoms with Crippen LogP contribution in [0.2, 0.25) is 0 Å². The van der Waals surface area contributed by atoms with Crippen LogP contribution in [-0.4, -0.2) is 71.3 Å². The molecule has 2 fully saturated rings. The van der Waals surface area contributed by atoms with Crippen molar-refractivity contribution < 1.29 is 4.79 Å². The molecule has 2 saturated heterocycles. The fourth-order valence-corrected chi connectivity index (χ4v) is 3.88. The predicted molar refractivity (Wildman–Crippen MR) is 102 cm³/mol. The minimum Gasteiger partial charge on any atom is -0.369 e. The zero-order chi connectivity index (χ0) is 18.5. The van der Waals surface area contributed by atoms with E-state index in [1.807, 2.05) is 4.90 Å². The summed E-state index contributed by atoms with van der Waals surface area (Å²) >= 11 is 0. The number of hydrogen-bond acceptors (Lipinski definition) is 5. The van der Waals surface area contributed by atoms with Crippen LogP contribution in [0.5, 0.6) is 0 Å². The van der Waals surface area contributed by atoms with Gasteiger partial charge in [0.1, 0.15) is 0 Å². The first-order valence-electron chi connectivity index (χ1n) is 9.88. The standard InChI is InChI=1S/C19H31N5O2/c1-3-4-7-22-9-11-23(12-10-22)19(26)16-6-5-8-24(15-16)17-13-18(25)21(2)20-14-17/h13-14,16H,3-12,15H2,1-2H3/t16-/m1/s1. The molecule has 0 spiro atoms. The van der Waals surface area contributed by atoms with Gasteiger partial charge in [-0.1, -0.05) is 13.3 Å². The Kier molecular flexibility index (Phi) is 6.29. The van der Waals surface area contributed by atoms with E-state index >= 15 is 0 Å².